The Labute approximate surface area is 340 Å². The number of hydrogen-bond donors (Lipinski definition) is 0. The van der Waals surface area contributed by atoms with Gasteiger partial charge in [-0.05, 0) is 93.0 Å². The van der Waals surface area contributed by atoms with Crippen LogP contribution in [0.3, 0.4) is 0 Å². The maximum atomic E-state index is 7.10. The van der Waals surface area contributed by atoms with Gasteiger partial charge in [-0.15, -0.1) is 0 Å². The largest absolute Gasteiger partial charge is 0.455 e. The van der Waals surface area contributed by atoms with Crippen LogP contribution in [0.1, 0.15) is 22.3 Å². The highest BCUT2D eigenvalue weighted by Crippen LogP contribution is 2.66. The van der Waals surface area contributed by atoms with E-state index in [4.69, 9.17) is 13.9 Å². The molecule has 276 valence electrons. The summed E-state index contributed by atoms with van der Waals surface area (Å²) in [6, 6.07) is 70.9. The molecule has 0 radical (unpaired) electrons. The zero-order chi connectivity index (χ0) is 38.7. The second-order valence-corrected chi connectivity index (χ2v) is 15.5. The van der Waals surface area contributed by atoms with Crippen molar-refractivity contribution in [1.82, 2.24) is 0 Å². The Balaban J connectivity index is 0.927. The molecule has 0 saturated carbocycles. The van der Waals surface area contributed by atoms with E-state index in [1.807, 2.05) is 24.3 Å². The smallest absolute Gasteiger partial charge is 0.178 e. The fraction of sp³-hybridized carbons (Fsp3) is 0.0182. The van der Waals surface area contributed by atoms with Crippen LogP contribution in [0.25, 0.3) is 55.3 Å². The number of ether oxygens (including phenoxy) is 2. The van der Waals surface area contributed by atoms with Gasteiger partial charge in [0.05, 0.1) is 11.1 Å². The SMILES string of the molecule is c1ccc(N(c2ccc(-c3cccc4c3oc3ccccc34)cc2)c2ccc3c(c2)Oc2c(ccc4c2-c2ccccc2C42c4ccccc4-c4ccccc42)O3)cc1. The molecule has 0 fully saturated rings. The van der Waals surface area contributed by atoms with E-state index in [1.165, 1.54) is 38.9 Å². The van der Waals surface area contributed by atoms with E-state index in [2.05, 4.69) is 181 Å². The lowest BCUT2D eigenvalue weighted by Crippen LogP contribution is -2.25. The summed E-state index contributed by atoms with van der Waals surface area (Å²) in [5.41, 5.74) is 16.3. The second kappa shape index (κ2) is 12.1. The van der Waals surface area contributed by atoms with E-state index < -0.39 is 5.41 Å². The highest BCUT2D eigenvalue weighted by atomic mass is 16.6. The van der Waals surface area contributed by atoms with Crippen molar-refractivity contribution in [1.29, 1.82) is 0 Å². The van der Waals surface area contributed by atoms with Gasteiger partial charge in [-0.3, -0.25) is 0 Å². The Bertz CT molecular complexity index is 3300. The van der Waals surface area contributed by atoms with Crippen LogP contribution in [-0.4, -0.2) is 0 Å². The van der Waals surface area contributed by atoms with Crippen LogP contribution in [0.4, 0.5) is 17.1 Å². The molecule has 1 aromatic heterocycles. The third kappa shape index (κ3) is 4.43. The molecule has 9 aromatic carbocycles. The number of rotatable bonds is 4. The van der Waals surface area contributed by atoms with Crippen molar-refractivity contribution in [2.24, 2.45) is 0 Å². The van der Waals surface area contributed by atoms with E-state index in [-0.39, 0.29) is 0 Å². The van der Waals surface area contributed by atoms with Gasteiger partial charge in [0, 0.05) is 39.3 Å². The van der Waals surface area contributed by atoms with E-state index in [9.17, 15) is 0 Å². The molecule has 0 bridgehead atoms. The molecule has 2 aliphatic carbocycles. The standard InChI is InChI=1S/C55H33NO3/c1-2-13-35(14-3-1)56(36-27-25-34(26-28-36)38-19-12-20-42-41-17-7-11-24-48(41)58-53(38)42)37-29-31-49-51(33-37)59-54-50(57-49)32-30-47-52(54)43-18-6-10-23-46(43)55(47)44-21-8-4-15-39(44)40-16-5-9-22-45(40)55/h1-33H. The molecular formula is C55H33NO3. The molecule has 0 atom stereocenters. The highest BCUT2D eigenvalue weighted by Gasteiger charge is 2.53. The van der Waals surface area contributed by atoms with Crippen molar-refractivity contribution < 1.29 is 13.9 Å². The molecule has 0 unspecified atom stereocenters. The van der Waals surface area contributed by atoms with Gasteiger partial charge in [0.1, 0.15) is 11.2 Å². The van der Waals surface area contributed by atoms with Gasteiger partial charge in [-0.25, -0.2) is 0 Å². The molecule has 1 spiro atoms. The van der Waals surface area contributed by atoms with Gasteiger partial charge in [0.15, 0.2) is 23.0 Å². The molecule has 0 saturated heterocycles. The minimum absolute atomic E-state index is 0.466. The predicted molar refractivity (Wildman–Crippen MR) is 237 cm³/mol. The van der Waals surface area contributed by atoms with Gasteiger partial charge >= 0.3 is 0 Å². The molecule has 0 N–H and O–H groups in total. The van der Waals surface area contributed by atoms with Gasteiger partial charge < -0.3 is 18.8 Å². The highest BCUT2D eigenvalue weighted by molar-refractivity contribution is 6.09. The van der Waals surface area contributed by atoms with Crippen LogP contribution in [-0.2, 0) is 5.41 Å². The minimum atomic E-state index is -0.466. The summed E-state index contributed by atoms with van der Waals surface area (Å²) in [5, 5.41) is 2.24. The molecule has 4 nitrogen and oxygen atoms in total. The molecule has 0 amide bonds. The number of fused-ring (bicyclic) bond motifs is 16. The van der Waals surface area contributed by atoms with Crippen molar-refractivity contribution in [3.05, 3.63) is 222 Å². The first kappa shape index (κ1) is 32.3. The van der Waals surface area contributed by atoms with E-state index in [1.54, 1.807) is 0 Å². The predicted octanol–water partition coefficient (Wildman–Crippen LogP) is 15.0. The monoisotopic (exact) mass is 755 g/mol. The lowest BCUT2D eigenvalue weighted by molar-refractivity contribution is 0.360. The topological polar surface area (TPSA) is 34.8 Å². The van der Waals surface area contributed by atoms with Crippen LogP contribution >= 0.6 is 0 Å². The van der Waals surface area contributed by atoms with Crippen molar-refractivity contribution >= 4 is 39.0 Å². The van der Waals surface area contributed by atoms with Crippen molar-refractivity contribution in [2.45, 2.75) is 5.41 Å². The second-order valence-electron chi connectivity index (χ2n) is 15.5. The lowest BCUT2D eigenvalue weighted by Gasteiger charge is -2.31. The summed E-state index contributed by atoms with van der Waals surface area (Å²) in [6.45, 7) is 0. The quantitative estimate of drug-likeness (QED) is 0.179. The maximum absolute atomic E-state index is 7.10. The van der Waals surface area contributed by atoms with E-state index in [0.717, 1.165) is 61.4 Å². The first-order valence-corrected chi connectivity index (χ1v) is 20.1. The minimum Gasteiger partial charge on any atom is -0.455 e. The number of para-hydroxylation sites is 3. The van der Waals surface area contributed by atoms with Crippen molar-refractivity contribution in [3.63, 3.8) is 0 Å². The normalized spacial score (nSPS) is 13.5. The Morgan fingerprint density at radius 1 is 0.373 bits per heavy atom. The molecular weight excluding hydrogens is 723 g/mol. The summed E-state index contributed by atoms with van der Waals surface area (Å²) in [7, 11) is 0. The van der Waals surface area contributed by atoms with Crippen molar-refractivity contribution in [2.75, 3.05) is 4.90 Å². The average molecular weight is 756 g/mol. The molecule has 13 rings (SSSR count). The van der Waals surface area contributed by atoms with Gasteiger partial charge in [0.25, 0.3) is 0 Å². The number of anilines is 3. The molecule has 10 aromatic rings. The molecule has 59 heavy (non-hydrogen) atoms. The summed E-state index contributed by atoms with van der Waals surface area (Å²) in [4.78, 5) is 2.26. The van der Waals surface area contributed by atoms with Gasteiger partial charge in [-0.1, -0.05) is 146 Å². The molecule has 3 aliphatic rings. The Morgan fingerprint density at radius 2 is 0.966 bits per heavy atom. The van der Waals surface area contributed by atoms with Crippen molar-refractivity contribution in [3.8, 4) is 56.4 Å². The Morgan fingerprint density at radius 3 is 1.75 bits per heavy atom. The summed E-state index contributed by atoms with van der Waals surface area (Å²) in [5.74, 6) is 2.81. The Hall–Kier alpha value is -7.82. The maximum Gasteiger partial charge on any atom is 0.178 e. The summed E-state index contributed by atoms with van der Waals surface area (Å²) in [6.07, 6.45) is 0. The number of furan rings is 1. The van der Waals surface area contributed by atoms with Crippen LogP contribution in [0, 0.1) is 0 Å². The third-order valence-electron chi connectivity index (χ3n) is 12.6. The Kier molecular flexibility index (Phi) is 6.62. The average Bonchev–Trinajstić information content (AvgIpc) is 3.94. The van der Waals surface area contributed by atoms with E-state index in [0.29, 0.717) is 17.2 Å². The fourth-order valence-corrected chi connectivity index (χ4v) is 10.1. The number of benzene rings is 9. The van der Waals surface area contributed by atoms with E-state index >= 15 is 0 Å². The zero-order valence-electron chi connectivity index (χ0n) is 31.7. The van der Waals surface area contributed by atoms with Crippen LogP contribution < -0.4 is 14.4 Å². The number of hydrogen-bond acceptors (Lipinski definition) is 4. The first-order chi connectivity index (χ1) is 29.3. The molecule has 2 heterocycles. The summed E-state index contributed by atoms with van der Waals surface area (Å²) < 4.78 is 20.2. The molecule has 1 aliphatic heterocycles. The fourth-order valence-electron chi connectivity index (χ4n) is 10.1. The zero-order valence-corrected chi connectivity index (χ0v) is 31.7. The third-order valence-corrected chi connectivity index (χ3v) is 12.6. The molecule has 4 heteroatoms. The van der Waals surface area contributed by atoms with Gasteiger partial charge in [0.2, 0.25) is 0 Å². The van der Waals surface area contributed by atoms with Crippen LogP contribution in [0.5, 0.6) is 23.0 Å². The first-order valence-electron chi connectivity index (χ1n) is 20.1. The summed E-state index contributed by atoms with van der Waals surface area (Å²) >= 11 is 0. The van der Waals surface area contributed by atoms with Crippen LogP contribution in [0.2, 0.25) is 0 Å². The lowest BCUT2D eigenvalue weighted by atomic mass is 9.70. The van der Waals surface area contributed by atoms with Gasteiger partial charge in [-0.2, -0.15) is 0 Å². The number of nitrogens with zero attached hydrogens (tertiary/aromatic N) is 1. The van der Waals surface area contributed by atoms with Crippen LogP contribution in [0.15, 0.2) is 205 Å².